The summed E-state index contributed by atoms with van der Waals surface area (Å²) in [7, 11) is 0. The number of alkyl halides is 1. The summed E-state index contributed by atoms with van der Waals surface area (Å²) in [5.74, 6) is -1.73. The van der Waals surface area contributed by atoms with Crippen molar-refractivity contribution in [3.63, 3.8) is 0 Å². The highest BCUT2D eigenvalue weighted by atomic mass is 35.5. The average molecular weight is 266 g/mol. The van der Waals surface area contributed by atoms with Gasteiger partial charge < -0.3 is 10.8 Å². The topological polar surface area (TPSA) is 113 Å². The molecule has 0 fully saturated rings. The molecule has 2 atom stereocenters. The van der Waals surface area contributed by atoms with Gasteiger partial charge in [0.25, 0.3) is 0 Å². The van der Waals surface area contributed by atoms with Crippen molar-refractivity contribution in [1.29, 1.82) is 0 Å². The lowest BCUT2D eigenvalue weighted by atomic mass is 9.98. The molecule has 1 unspecified atom stereocenters. The maximum absolute atomic E-state index is 11.5. The van der Waals surface area contributed by atoms with Crippen LogP contribution in [0.5, 0.6) is 0 Å². The first-order valence-electron chi connectivity index (χ1n) is 5.10. The summed E-state index contributed by atoms with van der Waals surface area (Å²) in [4.78, 5) is 32.3. The van der Waals surface area contributed by atoms with E-state index in [0.29, 0.717) is 0 Å². The van der Waals surface area contributed by atoms with E-state index >= 15 is 0 Å². The second kappa shape index (κ2) is 7.97. The smallest absolute Gasteiger partial charge is 0.320 e. The lowest BCUT2D eigenvalue weighted by Crippen LogP contribution is -2.34. The second-order valence-electron chi connectivity index (χ2n) is 3.78. The third-order valence-corrected chi connectivity index (χ3v) is 2.35. The van der Waals surface area contributed by atoms with Crippen molar-refractivity contribution in [3.05, 3.63) is 4.91 Å². The number of carboxylic acids is 1. The Labute approximate surface area is 104 Å². The first-order valence-corrected chi connectivity index (χ1v) is 5.63. The molecular weight excluding hydrogens is 250 g/mol. The number of rotatable bonds is 8. The van der Waals surface area contributed by atoms with Crippen LogP contribution >= 0.6 is 11.6 Å². The van der Waals surface area contributed by atoms with Gasteiger partial charge in [0, 0.05) is 12.3 Å². The molecule has 0 aromatic rings. The number of nitrogens with zero attached hydrogens (tertiary/aromatic N) is 2. The van der Waals surface area contributed by atoms with Crippen LogP contribution < -0.4 is 5.73 Å². The minimum Gasteiger partial charge on any atom is -0.480 e. The van der Waals surface area contributed by atoms with Gasteiger partial charge in [0.15, 0.2) is 0 Å². The summed E-state index contributed by atoms with van der Waals surface area (Å²) in [6, 6.07) is -1.01. The van der Waals surface area contributed by atoms with Crippen LogP contribution in [0.3, 0.4) is 0 Å². The van der Waals surface area contributed by atoms with E-state index in [1.807, 2.05) is 0 Å². The molecule has 8 heteroatoms. The van der Waals surface area contributed by atoms with Gasteiger partial charge in [0.2, 0.25) is 5.91 Å². The fourth-order valence-electron chi connectivity index (χ4n) is 1.31. The highest BCUT2D eigenvalue weighted by Crippen LogP contribution is 2.12. The molecule has 0 spiro atoms. The summed E-state index contributed by atoms with van der Waals surface area (Å²) >= 11 is 5.39. The highest BCUT2D eigenvalue weighted by molar-refractivity contribution is 6.18. The van der Waals surface area contributed by atoms with Crippen molar-refractivity contribution in [2.45, 2.75) is 25.8 Å². The predicted octanol–water partition coefficient (Wildman–Crippen LogP) is 0.563. The zero-order valence-electron chi connectivity index (χ0n) is 9.50. The van der Waals surface area contributed by atoms with E-state index < -0.39 is 17.9 Å². The van der Waals surface area contributed by atoms with Gasteiger partial charge in [-0.05, 0) is 12.3 Å². The van der Waals surface area contributed by atoms with E-state index in [9.17, 15) is 14.5 Å². The van der Waals surface area contributed by atoms with Crippen molar-refractivity contribution < 1.29 is 14.7 Å². The molecule has 7 nitrogen and oxygen atoms in total. The minimum atomic E-state index is -1.12. The van der Waals surface area contributed by atoms with E-state index in [1.54, 1.807) is 6.92 Å². The molecule has 0 bridgehead atoms. The quantitative estimate of drug-likeness (QED) is 0.378. The standard InChI is InChI=1S/C9H16ClN3O4/c1-6(4-7(11)9(15)16)5-8(14)13(12-17)3-2-10/h6-7H,2-5,11H2,1H3,(H,15,16)/t6?,7-/m0/s1. The Morgan fingerprint density at radius 3 is 2.53 bits per heavy atom. The number of nitroso groups, excluding NO2 is 1. The Morgan fingerprint density at radius 2 is 2.12 bits per heavy atom. The van der Waals surface area contributed by atoms with Gasteiger partial charge in [-0.15, -0.1) is 16.5 Å². The molecule has 1 amide bonds. The van der Waals surface area contributed by atoms with E-state index in [4.69, 9.17) is 22.4 Å². The molecule has 98 valence electrons. The van der Waals surface area contributed by atoms with Crippen LogP contribution in [0.25, 0.3) is 0 Å². The Kier molecular flexibility index (Phi) is 7.40. The molecule has 3 N–H and O–H groups in total. The molecule has 0 rings (SSSR count). The van der Waals surface area contributed by atoms with Gasteiger partial charge in [-0.3, -0.25) is 9.59 Å². The molecule has 0 aromatic carbocycles. The number of carbonyl (C=O) groups is 2. The first kappa shape index (κ1) is 15.8. The van der Waals surface area contributed by atoms with Crippen LogP contribution in [-0.2, 0) is 9.59 Å². The second-order valence-corrected chi connectivity index (χ2v) is 4.16. The Hall–Kier alpha value is -1.21. The number of halogens is 1. The molecule has 17 heavy (non-hydrogen) atoms. The van der Waals surface area contributed by atoms with E-state index in [2.05, 4.69) is 5.29 Å². The summed E-state index contributed by atoms with van der Waals surface area (Å²) < 4.78 is 0. The van der Waals surface area contributed by atoms with Gasteiger partial charge in [-0.25, -0.2) is 0 Å². The normalized spacial score (nSPS) is 13.8. The molecule has 0 saturated carbocycles. The van der Waals surface area contributed by atoms with Crippen molar-refractivity contribution in [3.8, 4) is 0 Å². The minimum absolute atomic E-state index is 0.0175. The van der Waals surface area contributed by atoms with Gasteiger partial charge >= 0.3 is 5.97 Å². The summed E-state index contributed by atoms with van der Waals surface area (Å²) in [5.41, 5.74) is 5.33. The third kappa shape index (κ3) is 6.18. The van der Waals surface area contributed by atoms with Crippen LogP contribution in [0.2, 0.25) is 0 Å². The Morgan fingerprint density at radius 1 is 1.53 bits per heavy atom. The maximum atomic E-state index is 11.5. The molecule has 0 radical (unpaired) electrons. The fraction of sp³-hybridized carbons (Fsp3) is 0.778. The number of nitrogens with two attached hydrogens (primary N) is 1. The predicted molar refractivity (Wildman–Crippen MR) is 62.2 cm³/mol. The average Bonchev–Trinajstić information content (AvgIpc) is 2.24. The van der Waals surface area contributed by atoms with Crippen molar-refractivity contribution in [2.75, 3.05) is 12.4 Å². The zero-order chi connectivity index (χ0) is 13.4. The van der Waals surface area contributed by atoms with Crippen LogP contribution in [0.15, 0.2) is 5.29 Å². The first-order chi connectivity index (χ1) is 7.92. The number of carboxylic acid groups (broad SMARTS) is 1. The van der Waals surface area contributed by atoms with Crippen molar-refractivity contribution in [2.24, 2.45) is 16.9 Å². The van der Waals surface area contributed by atoms with Crippen LogP contribution in [-0.4, -0.2) is 40.5 Å². The Balaban J connectivity index is 4.18. The van der Waals surface area contributed by atoms with Crippen LogP contribution in [0, 0.1) is 10.8 Å². The van der Waals surface area contributed by atoms with Crippen LogP contribution in [0.1, 0.15) is 19.8 Å². The Bertz CT molecular complexity index is 287. The molecule has 0 aliphatic heterocycles. The maximum Gasteiger partial charge on any atom is 0.320 e. The summed E-state index contributed by atoms with van der Waals surface area (Å²) in [6.45, 7) is 1.73. The lowest BCUT2D eigenvalue weighted by Gasteiger charge is -2.16. The highest BCUT2D eigenvalue weighted by Gasteiger charge is 2.21. The van der Waals surface area contributed by atoms with E-state index in [-0.39, 0.29) is 31.2 Å². The third-order valence-electron chi connectivity index (χ3n) is 2.18. The van der Waals surface area contributed by atoms with Crippen LogP contribution in [0.4, 0.5) is 0 Å². The molecule has 0 aromatic heterocycles. The SMILES string of the molecule is CC(CC(=O)N(CCCl)N=O)C[C@H](N)C(=O)O. The summed E-state index contributed by atoms with van der Waals surface area (Å²) in [6.07, 6.45) is 0.179. The van der Waals surface area contributed by atoms with Crippen molar-refractivity contribution in [1.82, 2.24) is 5.01 Å². The zero-order valence-corrected chi connectivity index (χ0v) is 10.3. The number of hydrogen-bond acceptors (Lipinski definition) is 5. The molecule has 0 heterocycles. The van der Waals surface area contributed by atoms with Gasteiger partial charge in [0.1, 0.15) is 6.04 Å². The lowest BCUT2D eigenvalue weighted by molar-refractivity contribution is -0.139. The molecule has 0 aliphatic rings. The van der Waals surface area contributed by atoms with E-state index in [1.165, 1.54) is 0 Å². The summed E-state index contributed by atoms with van der Waals surface area (Å²) in [5, 5.41) is 11.9. The number of amides is 1. The molecule has 0 saturated heterocycles. The largest absolute Gasteiger partial charge is 0.480 e. The van der Waals surface area contributed by atoms with Crippen molar-refractivity contribution >= 4 is 23.5 Å². The van der Waals surface area contributed by atoms with Gasteiger partial charge in [-0.1, -0.05) is 6.92 Å². The van der Waals surface area contributed by atoms with Gasteiger partial charge in [0.05, 0.1) is 11.8 Å². The number of carbonyl (C=O) groups excluding carboxylic acids is 1. The number of hydrogen-bond donors (Lipinski definition) is 2. The monoisotopic (exact) mass is 265 g/mol. The van der Waals surface area contributed by atoms with E-state index in [0.717, 1.165) is 5.01 Å². The number of aliphatic carboxylic acids is 1. The van der Waals surface area contributed by atoms with Gasteiger partial charge in [-0.2, -0.15) is 5.01 Å². The fourth-order valence-corrected chi connectivity index (χ4v) is 1.47. The molecule has 0 aliphatic carbocycles. The molecular formula is C9H16ClN3O4.